The lowest BCUT2D eigenvalue weighted by Crippen LogP contribution is -2.25. The van der Waals surface area contributed by atoms with Gasteiger partial charge in [0.25, 0.3) is 5.91 Å². The summed E-state index contributed by atoms with van der Waals surface area (Å²) in [6.45, 7) is 3.49. The van der Waals surface area contributed by atoms with E-state index in [1.807, 2.05) is 59.3 Å². The van der Waals surface area contributed by atoms with E-state index in [2.05, 4.69) is 23.3 Å². The van der Waals surface area contributed by atoms with E-state index in [4.69, 9.17) is 4.98 Å². The van der Waals surface area contributed by atoms with Crippen molar-refractivity contribution in [2.45, 2.75) is 19.9 Å². The molecule has 140 valence electrons. The third-order valence-corrected chi connectivity index (χ3v) is 4.82. The average molecular weight is 370 g/mol. The zero-order valence-electron chi connectivity index (χ0n) is 15.8. The SMILES string of the molecule is Cc1ccccc1-c1cc(C(=O)NCCCn2ccnc2)c2ccccc2n1. The summed E-state index contributed by atoms with van der Waals surface area (Å²) in [7, 11) is 0. The number of rotatable bonds is 6. The Morgan fingerprint density at radius 3 is 2.75 bits per heavy atom. The lowest BCUT2D eigenvalue weighted by molar-refractivity contribution is 0.0954. The monoisotopic (exact) mass is 370 g/mol. The number of para-hydroxylation sites is 1. The van der Waals surface area contributed by atoms with Gasteiger partial charge >= 0.3 is 0 Å². The molecule has 0 spiro atoms. The standard InChI is InChI=1S/C23H22N4O/c1-17-7-2-3-8-18(17)22-15-20(19-9-4-5-10-21(19)26-22)23(28)25-11-6-13-27-14-12-24-16-27/h2-5,7-10,12,14-16H,6,11,13H2,1H3,(H,25,28). The maximum absolute atomic E-state index is 12.9. The molecule has 1 amide bonds. The number of aromatic nitrogens is 3. The van der Waals surface area contributed by atoms with Gasteiger partial charge in [-0.2, -0.15) is 0 Å². The van der Waals surface area contributed by atoms with Crippen LogP contribution in [0.5, 0.6) is 0 Å². The van der Waals surface area contributed by atoms with Crippen LogP contribution < -0.4 is 5.32 Å². The topological polar surface area (TPSA) is 59.8 Å². The van der Waals surface area contributed by atoms with Gasteiger partial charge in [0, 0.05) is 36.4 Å². The van der Waals surface area contributed by atoms with E-state index in [1.165, 1.54) is 0 Å². The molecule has 5 nitrogen and oxygen atoms in total. The van der Waals surface area contributed by atoms with Crippen LogP contribution in [0.1, 0.15) is 22.3 Å². The molecule has 4 aromatic rings. The summed E-state index contributed by atoms with van der Waals surface area (Å²) in [6, 6.07) is 17.8. The lowest BCUT2D eigenvalue weighted by Gasteiger charge is -2.12. The largest absolute Gasteiger partial charge is 0.352 e. The molecular formula is C23H22N4O. The third-order valence-electron chi connectivity index (χ3n) is 4.82. The predicted molar refractivity (Wildman–Crippen MR) is 111 cm³/mol. The zero-order chi connectivity index (χ0) is 19.3. The number of nitrogens with one attached hydrogen (secondary N) is 1. The van der Waals surface area contributed by atoms with E-state index in [0.717, 1.165) is 40.7 Å². The van der Waals surface area contributed by atoms with E-state index in [9.17, 15) is 4.79 Å². The van der Waals surface area contributed by atoms with Crippen molar-refractivity contribution >= 4 is 16.8 Å². The molecule has 2 heterocycles. The van der Waals surface area contributed by atoms with Gasteiger partial charge in [-0.15, -0.1) is 0 Å². The fraction of sp³-hybridized carbons (Fsp3) is 0.174. The van der Waals surface area contributed by atoms with E-state index in [1.54, 1.807) is 12.5 Å². The zero-order valence-corrected chi connectivity index (χ0v) is 15.8. The fourth-order valence-corrected chi connectivity index (χ4v) is 3.34. The van der Waals surface area contributed by atoms with Crippen molar-refractivity contribution in [3.63, 3.8) is 0 Å². The number of carbonyl (C=O) groups excluding carboxylic acids is 1. The smallest absolute Gasteiger partial charge is 0.252 e. The summed E-state index contributed by atoms with van der Waals surface area (Å²) in [4.78, 5) is 21.8. The minimum Gasteiger partial charge on any atom is -0.352 e. The number of hydrogen-bond acceptors (Lipinski definition) is 3. The highest BCUT2D eigenvalue weighted by Gasteiger charge is 2.14. The molecule has 0 aliphatic heterocycles. The van der Waals surface area contributed by atoms with E-state index >= 15 is 0 Å². The number of fused-ring (bicyclic) bond motifs is 1. The molecule has 0 atom stereocenters. The molecule has 0 bridgehead atoms. The first kappa shape index (κ1) is 17.9. The van der Waals surface area contributed by atoms with Gasteiger partial charge in [0.2, 0.25) is 0 Å². The Bertz CT molecular complexity index is 1100. The van der Waals surface area contributed by atoms with Crippen LogP contribution in [0.2, 0.25) is 0 Å². The Balaban J connectivity index is 1.59. The highest BCUT2D eigenvalue weighted by Crippen LogP contribution is 2.26. The van der Waals surface area contributed by atoms with Crippen molar-refractivity contribution in [2.75, 3.05) is 6.54 Å². The highest BCUT2D eigenvalue weighted by molar-refractivity contribution is 6.07. The van der Waals surface area contributed by atoms with Crippen LogP contribution in [0.4, 0.5) is 0 Å². The van der Waals surface area contributed by atoms with Gasteiger partial charge < -0.3 is 9.88 Å². The Kier molecular flexibility index (Phi) is 5.15. The number of pyridine rings is 1. The Morgan fingerprint density at radius 1 is 1.11 bits per heavy atom. The van der Waals surface area contributed by atoms with Gasteiger partial charge in [-0.3, -0.25) is 4.79 Å². The second-order valence-electron chi connectivity index (χ2n) is 6.80. The fourth-order valence-electron chi connectivity index (χ4n) is 3.34. The number of benzene rings is 2. The summed E-state index contributed by atoms with van der Waals surface area (Å²) < 4.78 is 2.00. The number of aryl methyl sites for hydroxylation is 2. The quantitative estimate of drug-likeness (QED) is 0.517. The number of carbonyl (C=O) groups is 1. The van der Waals surface area contributed by atoms with Gasteiger partial charge in [0.05, 0.1) is 23.1 Å². The first-order valence-electron chi connectivity index (χ1n) is 9.42. The molecular weight excluding hydrogens is 348 g/mol. The summed E-state index contributed by atoms with van der Waals surface area (Å²) in [5.74, 6) is -0.0703. The molecule has 4 rings (SSSR count). The molecule has 2 aromatic carbocycles. The molecule has 2 aromatic heterocycles. The van der Waals surface area contributed by atoms with Crippen molar-refractivity contribution in [3.05, 3.63) is 84.4 Å². The number of hydrogen-bond donors (Lipinski definition) is 1. The first-order valence-corrected chi connectivity index (χ1v) is 9.42. The van der Waals surface area contributed by atoms with E-state index in [0.29, 0.717) is 12.1 Å². The van der Waals surface area contributed by atoms with Crippen molar-refractivity contribution in [1.29, 1.82) is 0 Å². The number of nitrogens with zero attached hydrogens (tertiary/aromatic N) is 3. The van der Waals surface area contributed by atoms with Crippen molar-refractivity contribution in [1.82, 2.24) is 19.9 Å². The van der Waals surface area contributed by atoms with Crippen LogP contribution in [0.15, 0.2) is 73.3 Å². The second-order valence-corrected chi connectivity index (χ2v) is 6.80. The van der Waals surface area contributed by atoms with Crippen molar-refractivity contribution in [3.8, 4) is 11.3 Å². The second kappa shape index (κ2) is 8.05. The molecule has 0 aliphatic rings. The van der Waals surface area contributed by atoms with Crippen molar-refractivity contribution in [2.24, 2.45) is 0 Å². The Morgan fingerprint density at radius 2 is 1.93 bits per heavy atom. The molecule has 0 unspecified atom stereocenters. The van der Waals surface area contributed by atoms with E-state index in [-0.39, 0.29) is 5.91 Å². The molecule has 5 heteroatoms. The highest BCUT2D eigenvalue weighted by atomic mass is 16.1. The maximum Gasteiger partial charge on any atom is 0.252 e. The van der Waals surface area contributed by atoms with Gasteiger partial charge in [-0.1, -0.05) is 42.5 Å². The molecule has 0 saturated carbocycles. The third kappa shape index (κ3) is 3.78. The van der Waals surface area contributed by atoms with Crippen LogP contribution in [-0.4, -0.2) is 27.0 Å². The Labute approximate surface area is 164 Å². The Hall–Kier alpha value is -3.47. The van der Waals surface area contributed by atoms with Gasteiger partial charge in [0.1, 0.15) is 0 Å². The lowest BCUT2D eigenvalue weighted by atomic mass is 10.0. The summed E-state index contributed by atoms with van der Waals surface area (Å²) in [6.07, 6.45) is 6.31. The first-order chi connectivity index (χ1) is 13.7. The molecule has 0 radical (unpaired) electrons. The molecule has 0 fully saturated rings. The van der Waals surface area contributed by atoms with Crippen LogP contribution in [-0.2, 0) is 6.54 Å². The summed E-state index contributed by atoms with van der Waals surface area (Å²) in [5, 5.41) is 3.91. The van der Waals surface area contributed by atoms with Crippen molar-refractivity contribution < 1.29 is 4.79 Å². The van der Waals surface area contributed by atoms with Crippen LogP contribution >= 0.6 is 0 Å². The average Bonchev–Trinajstić information content (AvgIpc) is 3.24. The van der Waals surface area contributed by atoms with Crippen LogP contribution in [0.3, 0.4) is 0 Å². The van der Waals surface area contributed by atoms with E-state index < -0.39 is 0 Å². The van der Waals surface area contributed by atoms with Crippen LogP contribution in [0.25, 0.3) is 22.2 Å². The normalized spacial score (nSPS) is 10.9. The maximum atomic E-state index is 12.9. The molecule has 1 N–H and O–H groups in total. The van der Waals surface area contributed by atoms with Gasteiger partial charge in [-0.05, 0) is 31.0 Å². The summed E-state index contributed by atoms with van der Waals surface area (Å²) in [5.41, 5.74) is 4.48. The summed E-state index contributed by atoms with van der Waals surface area (Å²) >= 11 is 0. The number of amides is 1. The molecule has 28 heavy (non-hydrogen) atoms. The minimum atomic E-state index is -0.0703. The number of imidazole rings is 1. The van der Waals surface area contributed by atoms with Gasteiger partial charge in [0.15, 0.2) is 0 Å². The molecule has 0 saturated heterocycles. The van der Waals surface area contributed by atoms with Crippen LogP contribution in [0, 0.1) is 6.92 Å². The van der Waals surface area contributed by atoms with Gasteiger partial charge in [-0.25, -0.2) is 9.97 Å². The minimum absolute atomic E-state index is 0.0703. The predicted octanol–water partition coefficient (Wildman–Crippen LogP) is 4.23. The molecule has 0 aliphatic carbocycles.